The van der Waals surface area contributed by atoms with Crippen molar-refractivity contribution in [3.63, 3.8) is 0 Å². The van der Waals surface area contributed by atoms with E-state index in [0.29, 0.717) is 12.4 Å². The Balaban J connectivity index is 2.38. The lowest BCUT2D eigenvalue weighted by atomic mass is 10.2. The Hall–Kier alpha value is -1.25. The van der Waals surface area contributed by atoms with Gasteiger partial charge >= 0.3 is 0 Å². The molecule has 0 aliphatic carbocycles. The minimum atomic E-state index is -0.0205. The Bertz CT molecular complexity index is 568. The van der Waals surface area contributed by atoms with Gasteiger partial charge in [0.25, 0.3) is 0 Å². The van der Waals surface area contributed by atoms with E-state index in [1.165, 1.54) is 0 Å². The van der Waals surface area contributed by atoms with Gasteiger partial charge < -0.3 is 4.90 Å². The molecule has 0 bridgehead atoms. The van der Waals surface area contributed by atoms with Gasteiger partial charge in [0.05, 0.1) is 23.6 Å². The van der Waals surface area contributed by atoms with Gasteiger partial charge in [0.2, 0.25) is 0 Å². The monoisotopic (exact) mass is 282 g/mol. The summed E-state index contributed by atoms with van der Waals surface area (Å²) in [5, 5.41) is 10.9. The Morgan fingerprint density at radius 3 is 3.06 bits per heavy atom. The molecular formula is C12H15ClN4S. The third-order valence-electron chi connectivity index (χ3n) is 2.86. The van der Waals surface area contributed by atoms with Crippen LogP contribution in [0.25, 0.3) is 4.96 Å². The van der Waals surface area contributed by atoms with Crippen LogP contribution in [0.1, 0.15) is 19.5 Å². The maximum Gasteiger partial charge on any atom is 0.195 e. The fourth-order valence-corrected chi connectivity index (χ4v) is 2.91. The van der Waals surface area contributed by atoms with E-state index >= 15 is 0 Å². The molecule has 0 saturated carbocycles. The summed E-state index contributed by atoms with van der Waals surface area (Å²) in [6, 6.07) is 2.26. The SMILES string of the molecule is CCN(CC(C)C#N)c1nc2sccn2c1CCl. The average Bonchev–Trinajstić information content (AvgIpc) is 2.95. The number of anilines is 1. The fourth-order valence-electron chi connectivity index (χ4n) is 1.94. The summed E-state index contributed by atoms with van der Waals surface area (Å²) < 4.78 is 2.02. The van der Waals surface area contributed by atoms with Gasteiger partial charge in [-0.3, -0.25) is 4.40 Å². The van der Waals surface area contributed by atoms with E-state index in [4.69, 9.17) is 16.9 Å². The number of aromatic nitrogens is 2. The van der Waals surface area contributed by atoms with Gasteiger partial charge in [0, 0.05) is 24.7 Å². The standard InChI is InChI=1S/C12H15ClN4S/c1-3-16(8-9(2)7-14)11-10(6-13)17-4-5-18-12(17)15-11/h4-5,9H,3,6,8H2,1-2H3. The van der Waals surface area contributed by atoms with E-state index in [1.54, 1.807) is 11.3 Å². The van der Waals surface area contributed by atoms with Gasteiger partial charge in [-0.1, -0.05) is 0 Å². The zero-order valence-corrected chi connectivity index (χ0v) is 12.0. The highest BCUT2D eigenvalue weighted by Gasteiger charge is 2.18. The highest BCUT2D eigenvalue weighted by atomic mass is 35.5. The van der Waals surface area contributed by atoms with E-state index in [-0.39, 0.29) is 5.92 Å². The Labute approximate surface area is 115 Å². The normalized spacial score (nSPS) is 12.6. The van der Waals surface area contributed by atoms with Crippen LogP contribution in [0.5, 0.6) is 0 Å². The molecule has 0 N–H and O–H groups in total. The van der Waals surface area contributed by atoms with Gasteiger partial charge in [0.15, 0.2) is 10.8 Å². The van der Waals surface area contributed by atoms with E-state index in [1.807, 2.05) is 22.9 Å². The van der Waals surface area contributed by atoms with Crippen LogP contribution in [0.4, 0.5) is 5.82 Å². The summed E-state index contributed by atoms with van der Waals surface area (Å²) in [4.78, 5) is 7.68. The fraction of sp³-hybridized carbons (Fsp3) is 0.500. The number of hydrogen-bond donors (Lipinski definition) is 0. The van der Waals surface area contributed by atoms with Crippen LogP contribution in [-0.4, -0.2) is 22.5 Å². The topological polar surface area (TPSA) is 44.3 Å². The molecule has 0 radical (unpaired) electrons. The van der Waals surface area contributed by atoms with Crippen LogP contribution < -0.4 is 4.90 Å². The molecule has 2 aromatic heterocycles. The van der Waals surface area contributed by atoms with E-state index in [0.717, 1.165) is 23.0 Å². The molecule has 0 amide bonds. The summed E-state index contributed by atoms with van der Waals surface area (Å²) in [7, 11) is 0. The Morgan fingerprint density at radius 1 is 1.67 bits per heavy atom. The highest BCUT2D eigenvalue weighted by Crippen LogP contribution is 2.26. The summed E-state index contributed by atoms with van der Waals surface area (Å²) in [5.74, 6) is 1.30. The predicted octanol–water partition coefficient (Wildman–Crippen LogP) is 3.12. The number of nitrogens with zero attached hydrogens (tertiary/aromatic N) is 4. The number of alkyl halides is 1. The molecule has 0 aliphatic rings. The zero-order chi connectivity index (χ0) is 13.1. The Kier molecular flexibility index (Phi) is 4.10. The number of hydrogen-bond acceptors (Lipinski definition) is 4. The van der Waals surface area contributed by atoms with E-state index in [2.05, 4.69) is 22.9 Å². The van der Waals surface area contributed by atoms with E-state index in [9.17, 15) is 0 Å². The molecule has 4 nitrogen and oxygen atoms in total. The van der Waals surface area contributed by atoms with Crippen molar-refractivity contribution in [2.24, 2.45) is 5.92 Å². The quantitative estimate of drug-likeness (QED) is 0.792. The van der Waals surface area contributed by atoms with Crippen LogP contribution in [0.2, 0.25) is 0 Å². The van der Waals surface area contributed by atoms with Crippen molar-refractivity contribution in [2.75, 3.05) is 18.0 Å². The molecule has 0 aliphatic heterocycles. The largest absolute Gasteiger partial charge is 0.354 e. The molecule has 0 aromatic carbocycles. The van der Waals surface area contributed by atoms with Crippen molar-refractivity contribution >= 4 is 33.7 Å². The molecule has 6 heteroatoms. The minimum absolute atomic E-state index is 0.0205. The van der Waals surface area contributed by atoms with Crippen LogP contribution in [0, 0.1) is 17.2 Å². The van der Waals surface area contributed by atoms with Gasteiger partial charge in [-0.25, -0.2) is 4.98 Å². The predicted molar refractivity (Wildman–Crippen MR) is 75.3 cm³/mol. The van der Waals surface area contributed by atoms with Crippen LogP contribution >= 0.6 is 22.9 Å². The average molecular weight is 283 g/mol. The lowest BCUT2D eigenvalue weighted by Crippen LogP contribution is -2.28. The first-order valence-corrected chi connectivity index (χ1v) is 7.27. The highest BCUT2D eigenvalue weighted by molar-refractivity contribution is 7.15. The molecular weight excluding hydrogens is 268 g/mol. The summed E-state index contributed by atoms with van der Waals surface area (Å²) >= 11 is 7.62. The van der Waals surface area contributed by atoms with E-state index < -0.39 is 0 Å². The lowest BCUT2D eigenvalue weighted by molar-refractivity contribution is 0.679. The molecule has 1 atom stereocenters. The summed E-state index contributed by atoms with van der Waals surface area (Å²) in [5.41, 5.74) is 1.000. The third-order valence-corrected chi connectivity index (χ3v) is 3.87. The van der Waals surface area contributed by atoms with Crippen molar-refractivity contribution in [3.8, 4) is 6.07 Å². The van der Waals surface area contributed by atoms with Crippen LogP contribution in [-0.2, 0) is 5.88 Å². The summed E-state index contributed by atoms with van der Waals surface area (Å²) in [6.45, 7) is 5.49. The number of fused-ring (bicyclic) bond motifs is 1. The van der Waals surface area contributed by atoms with Gasteiger partial charge in [-0.2, -0.15) is 5.26 Å². The van der Waals surface area contributed by atoms with Gasteiger partial charge in [0.1, 0.15) is 0 Å². The second-order valence-electron chi connectivity index (χ2n) is 4.14. The molecule has 0 saturated heterocycles. The van der Waals surface area contributed by atoms with Crippen LogP contribution in [0.3, 0.4) is 0 Å². The summed E-state index contributed by atoms with van der Waals surface area (Å²) in [6.07, 6.45) is 1.98. The maximum absolute atomic E-state index is 8.93. The maximum atomic E-state index is 8.93. The lowest BCUT2D eigenvalue weighted by Gasteiger charge is -2.22. The smallest absolute Gasteiger partial charge is 0.195 e. The third kappa shape index (κ3) is 2.31. The second-order valence-corrected chi connectivity index (χ2v) is 5.28. The zero-order valence-electron chi connectivity index (χ0n) is 10.4. The number of imidazole rings is 1. The first-order chi connectivity index (χ1) is 8.71. The second kappa shape index (κ2) is 5.59. The number of nitriles is 1. The molecule has 1 unspecified atom stereocenters. The van der Waals surface area contributed by atoms with Gasteiger partial charge in [-0.15, -0.1) is 22.9 Å². The minimum Gasteiger partial charge on any atom is -0.354 e. The number of rotatable bonds is 5. The first kappa shape index (κ1) is 13.2. The molecule has 2 heterocycles. The molecule has 0 spiro atoms. The van der Waals surface area contributed by atoms with Crippen molar-refractivity contribution in [3.05, 3.63) is 17.3 Å². The molecule has 96 valence electrons. The van der Waals surface area contributed by atoms with Crippen LogP contribution in [0.15, 0.2) is 11.6 Å². The van der Waals surface area contributed by atoms with Crippen molar-refractivity contribution in [2.45, 2.75) is 19.7 Å². The number of thiazole rings is 1. The molecule has 0 fully saturated rings. The first-order valence-electron chi connectivity index (χ1n) is 5.86. The van der Waals surface area contributed by atoms with Crippen molar-refractivity contribution in [1.82, 2.24) is 9.38 Å². The van der Waals surface area contributed by atoms with Crippen molar-refractivity contribution < 1.29 is 0 Å². The molecule has 2 rings (SSSR count). The van der Waals surface area contributed by atoms with Crippen molar-refractivity contribution in [1.29, 1.82) is 5.26 Å². The molecule has 2 aromatic rings. The molecule has 18 heavy (non-hydrogen) atoms. The van der Waals surface area contributed by atoms with Gasteiger partial charge in [-0.05, 0) is 13.8 Å². The number of halogens is 1. The Morgan fingerprint density at radius 2 is 2.44 bits per heavy atom.